The van der Waals surface area contributed by atoms with Crippen LogP contribution in [0.2, 0.25) is 0 Å². The van der Waals surface area contributed by atoms with Crippen molar-refractivity contribution in [2.45, 2.75) is 19.3 Å². The summed E-state index contributed by atoms with van der Waals surface area (Å²) >= 11 is 0. The minimum Gasteiger partial charge on any atom is -0.496 e. The second kappa shape index (κ2) is 6.85. The van der Waals surface area contributed by atoms with Gasteiger partial charge >= 0.3 is 0 Å². The van der Waals surface area contributed by atoms with Crippen LogP contribution >= 0.6 is 0 Å². The number of halogens is 1. The van der Waals surface area contributed by atoms with Crippen molar-refractivity contribution in [2.75, 3.05) is 14.2 Å². The lowest BCUT2D eigenvalue weighted by atomic mass is 10.1. The number of hydrogen-bond acceptors (Lipinski definition) is 3. The summed E-state index contributed by atoms with van der Waals surface area (Å²) in [4.78, 5) is 11.2. The van der Waals surface area contributed by atoms with Gasteiger partial charge in [0.2, 0.25) is 5.91 Å². The predicted molar refractivity (Wildman–Crippen MR) is 63.1 cm³/mol. The van der Waals surface area contributed by atoms with Crippen molar-refractivity contribution in [3.05, 3.63) is 29.6 Å². The van der Waals surface area contributed by atoms with E-state index < -0.39 is 0 Å². The average Bonchev–Trinajstić information content (AvgIpc) is 2.30. The minimum absolute atomic E-state index is 0.0807. The van der Waals surface area contributed by atoms with Gasteiger partial charge in [0.25, 0.3) is 0 Å². The van der Waals surface area contributed by atoms with Crippen molar-refractivity contribution in [3.8, 4) is 5.75 Å². The summed E-state index contributed by atoms with van der Waals surface area (Å²) in [5, 5.41) is 0. The molecule has 0 fully saturated rings. The molecule has 0 aliphatic carbocycles. The number of hydrazine groups is 1. The van der Waals surface area contributed by atoms with E-state index in [0.717, 1.165) is 5.56 Å². The lowest BCUT2D eigenvalue weighted by Crippen LogP contribution is -2.33. The van der Waals surface area contributed by atoms with Gasteiger partial charge in [0.15, 0.2) is 0 Å². The molecule has 1 rings (SSSR count). The van der Waals surface area contributed by atoms with Gasteiger partial charge in [-0.3, -0.25) is 10.2 Å². The van der Waals surface area contributed by atoms with Crippen LogP contribution in [0.3, 0.4) is 0 Å². The molecule has 0 saturated carbocycles. The molecular weight excluding hydrogens is 223 g/mol. The topological polar surface area (TPSA) is 50.4 Å². The largest absolute Gasteiger partial charge is 0.496 e. The van der Waals surface area contributed by atoms with E-state index in [2.05, 4.69) is 10.9 Å². The molecule has 2 N–H and O–H groups in total. The van der Waals surface area contributed by atoms with Crippen molar-refractivity contribution in [2.24, 2.45) is 0 Å². The summed E-state index contributed by atoms with van der Waals surface area (Å²) in [5.41, 5.74) is 5.82. The first kappa shape index (κ1) is 13.4. The second-order valence-corrected chi connectivity index (χ2v) is 3.61. The van der Waals surface area contributed by atoms with Crippen LogP contribution in [0.15, 0.2) is 18.2 Å². The molecule has 0 bridgehead atoms. The molecule has 0 aromatic heterocycles. The van der Waals surface area contributed by atoms with Crippen LogP contribution in [0.5, 0.6) is 5.75 Å². The van der Waals surface area contributed by atoms with Crippen LogP contribution in [0.25, 0.3) is 0 Å². The summed E-state index contributed by atoms with van der Waals surface area (Å²) in [6.07, 6.45) is 1.64. The first-order valence-electron chi connectivity index (χ1n) is 5.45. The van der Waals surface area contributed by atoms with Crippen LogP contribution in [-0.4, -0.2) is 20.1 Å². The van der Waals surface area contributed by atoms with Crippen molar-refractivity contribution in [3.63, 3.8) is 0 Å². The van der Waals surface area contributed by atoms with Gasteiger partial charge in [0.05, 0.1) is 7.11 Å². The zero-order valence-corrected chi connectivity index (χ0v) is 10.0. The van der Waals surface area contributed by atoms with Gasteiger partial charge in [0.1, 0.15) is 11.6 Å². The lowest BCUT2D eigenvalue weighted by molar-refractivity contribution is -0.122. The molecule has 0 unspecified atom stereocenters. The Balaban J connectivity index is 2.50. The predicted octanol–water partition coefficient (Wildman–Crippen LogP) is 1.41. The summed E-state index contributed by atoms with van der Waals surface area (Å²) in [5.74, 6) is 0.281. The Kier molecular flexibility index (Phi) is 5.42. The smallest absolute Gasteiger partial charge is 0.234 e. The third-order valence-corrected chi connectivity index (χ3v) is 2.36. The second-order valence-electron chi connectivity index (χ2n) is 3.61. The average molecular weight is 240 g/mol. The Morgan fingerprint density at radius 2 is 2.24 bits per heavy atom. The standard InChI is InChI=1S/C12H17FN2O2/c1-14-15-12(16)5-3-4-9-8-10(13)6-7-11(9)17-2/h6-8,14H,3-5H2,1-2H3,(H,15,16). The SMILES string of the molecule is CNNC(=O)CCCc1cc(F)ccc1OC. The number of hydrogen-bond donors (Lipinski definition) is 2. The molecule has 17 heavy (non-hydrogen) atoms. The molecule has 0 saturated heterocycles. The van der Waals surface area contributed by atoms with E-state index >= 15 is 0 Å². The molecule has 1 aromatic rings. The number of carbonyl (C=O) groups excluding carboxylic acids is 1. The molecule has 0 aliphatic rings. The van der Waals surface area contributed by atoms with Gasteiger partial charge in [-0.05, 0) is 36.6 Å². The fourth-order valence-electron chi connectivity index (χ4n) is 1.58. The maximum absolute atomic E-state index is 13.0. The third kappa shape index (κ3) is 4.40. The first-order chi connectivity index (χ1) is 8.17. The summed E-state index contributed by atoms with van der Waals surface area (Å²) in [7, 11) is 3.18. The maximum Gasteiger partial charge on any atom is 0.234 e. The molecule has 0 atom stereocenters. The number of methoxy groups -OCH3 is 1. The van der Waals surface area contributed by atoms with Crippen LogP contribution < -0.4 is 15.6 Å². The van der Waals surface area contributed by atoms with E-state index in [1.165, 1.54) is 12.1 Å². The Morgan fingerprint density at radius 1 is 1.47 bits per heavy atom. The van der Waals surface area contributed by atoms with E-state index in [0.29, 0.717) is 25.0 Å². The first-order valence-corrected chi connectivity index (χ1v) is 5.45. The fraction of sp³-hybridized carbons (Fsp3) is 0.417. The molecule has 1 aromatic carbocycles. The van der Waals surface area contributed by atoms with Gasteiger partial charge in [-0.25, -0.2) is 9.82 Å². The molecule has 0 heterocycles. The van der Waals surface area contributed by atoms with E-state index in [1.807, 2.05) is 0 Å². The molecule has 0 radical (unpaired) electrons. The van der Waals surface area contributed by atoms with Crippen LogP contribution in [0, 0.1) is 5.82 Å². The lowest BCUT2D eigenvalue weighted by Gasteiger charge is -2.08. The quantitative estimate of drug-likeness (QED) is 0.739. The highest BCUT2D eigenvalue weighted by Crippen LogP contribution is 2.21. The minimum atomic E-state index is -0.291. The molecule has 1 amide bonds. The van der Waals surface area contributed by atoms with Gasteiger partial charge in [-0.15, -0.1) is 0 Å². The highest BCUT2D eigenvalue weighted by atomic mass is 19.1. The van der Waals surface area contributed by atoms with E-state index in [4.69, 9.17) is 4.74 Å². The third-order valence-electron chi connectivity index (χ3n) is 2.36. The number of nitrogens with one attached hydrogen (secondary N) is 2. The van der Waals surface area contributed by atoms with Crippen molar-refractivity contribution in [1.82, 2.24) is 10.9 Å². The Bertz CT molecular complexity index is 383. The summed E-state index contributed by atoms with van der Waals surface area (Å²) in [6, 6.07) is 4.39. The molecule has 0 aliphatic heterocycles. The summed E-state index contributed by atoms with van der Waals surface area (Å²) in [6.45, 7) is 0. The normalized spacial score (nSPS) is 10.1. The zero-order valence-electron chi connectivity index (χ0n) is 10.0. The highest BCUT2D eigenvalue weighted by Gasteiger charge is 2.06. The zero-order chi connectivity index (χ0) is 12.7. The number of rotatable bonds is 6. The van der Waals surface area contributed by atoms with E-state index in [1.54, 1.807) is 20.2 Å². The number of amides is 1. The number of ether oxygens (including phenoxy) is 1. The van der Waals surface area contributed by atoms with Gasteiger partial charge in [-0.2, -0.15) is 0 Å². The monoisotopic (exact) mass is 240 g/mol. The Hall–Kier alpha value is -1.62. The van der Waals surface area contributed by atoms with E-state index in [9.17, 15) is 9.18 Å². The highest BCUT2D eigenvalue weighted by molar-refractivity contribution is 5.75. The van der Waals surface area contributed by atoms with Crippen molar-refractivity contribution < 1.29 is 13.9 Å². The summed E-state index contributed by atoms with van der Waals surface area (Å²) < 4.78 is 18.2. The van der Waals surface area contributed by atoms with Crippen molar-refractivity contribution in [1.29, 1.82) is 0 Å². The Labute approximate surface area is 100 Å². The van der Waals surface area contributed by atoms with E-state index in [-0.39, 0.29) is 11.7 Å². The molecule has 94 valence electrons. The van der Waals surface area contributed by atoms with Crippen molar-refractivity contribution >= 4 is 5.91 Å². The molecule has 5 heteroatoms. The van der Waals surface area contributed by atoms with Gasteiger partial charge < -0.3 is 4.74 Å². The maximum atomic E-state index is 13.0. The molecule has 4 nitrogen and oxygen atoms in total. The number of aryl methyl sites for hydroxylation is 1. The molecule has 0 spiro atoms. The fourth-order valence-corrected chi connectivity index (χ4v) is 1.58. The molecular formula is C12H17FN2O2. The van der Waals surface area contributed by atoms with Crippen LogP contribution in [0.4, 0.5) is 4.39 Å². The van der Waals surface area contributed by atoms with Gasteiger partial charge in [0, 0.05) is 13.5 Å². The number of benzene rings is 1. The number of carbonyl (C=O) groups is 1. The van der Waals surface area contributed by atoms with Crippen LogP contribution in [-0.2, 0) is 11.2 Å². The van der Waals surface area contributed by atoms with Crippen LogP contribution in [0.1, 0.15) is 18.4 Å². The van der Waals surface area contributed by atoms with Gasteiger partial charge in [-0.1, -0.05) is 0 Å². The Morgan fingerprint density at radius 3 is 2.88 bits per heavy atom.